The molecular weight excluding hydrogens is 236 g/mol. The summed E-state index contributed by atoms with van der Waals surface area (Å²) in [5.41, 5.74) is 0. The Labute approximate surface area is 112 Å². The van der Waals surface area contributed by atoms with Crippen LogP contribution in [0, 0.1) is 5.92 Å². The largest absolute Gasteiger partial charge is 0.356 e. The summed E-state index contributed by atoms with van der Waals surface area (Å²) in [6, 6.07) is 0. The van der Waals surface area contributed by atoms with Crippen LogP contribution in [0.2, 0.25) is 0 Å². The van der Waals surface area contributed by atoms with Crippen LogP contribution in [-0.2, 0) is 4.79 Å². The summed E-state index contributed by atoms with van der Waals surface area (Å²) >= 11 is 0. The topological polar surface area (TPSA) is 41.1 Å². The molecule has 2 N–H and O–H groups in total. The number of hydrogen-bond acceptors (Lipinski definition) is 2. The molecule has 0 bridgehead atoms. The van der Waals surface area contributed by atoms with Crippen molar-refractivity contribution in [3.63, 3.8) is 0 Å². The summed E-state index contributed by atoms with van der Waals surface area (Å²) in [5, 5.41) is 6.05. The van der Waals surface area contributed by atoms with E-state index in [2.05, 4.69) is 10.6 Å². The highest BCUT2D eigenvalue weighted by Gasteiger charge is 2.14. The van der Waals surface area contributed by atoms with Crippen LogP contribution < -0.4 is 10.6 Å². The maximum Gasteiger partial charge on any atom is 0.220 e. The van der Waals surface area contributed by atoms with Gasteiger partial charge in [-0.25, -0.2) is 0 Å². The van der Waals surface area contributed by atoms with Gasteiger partial charge in [-0.15, -0.1) is 12.4 Å². The maximum atomic E-state index is 11.5. The smallest absolute Gasteiger partial charge is 0.220 e. The predicted molar refractivity (Wildman–Crippen MR) is 74.6 cm³/mol. The molecule has 1 rings (SSSR count). The quantitative estimate of drug-likeness (QED) is 0.692. The van der Waals surface area contributed by atoms with Gasteiger partial charge < -0.3 is 10.6 Å². The molecular formula is C13H27ClN2O. The molecule has 1 aliphatic rings. The Morgan fingerprint density at radius 2 is 1.88 bits per heavy atom. The van der Waals surface area contributed by atoms with Crippen LogP contribution in [-0.4, -0.2) is 26.0 Å². The first-order chi connectivity index (χ1) is 7.83. The zero-order chi connectivity index (χ0) is 11.6. The van der Waals surface area contributed by atoms with Crippen molar-refractivity contribution in [1.82, 2.24) is 10.6 Å². The van der Waals surface area contributed by atoms with Gasteiger partial charge >= 0.3 is 0 Å². The molecule has 0 heterocycles. The Hall–Kier alpha value is -0.280. The molecule has 0 atom stereocenters. The Balaban J connectivity index is 0.00000256. The lowest BCUT2D eigenvalue weighted by Crippen LogP contribution is -2.27. The zero-order valence-corrected chi connectivity index (χ0v) is 11.8. The number of rotatable bonds is 7. The van der Waals surface area contributed by atoms with Crippen molar-refractivity contribution in [3.8, 4) is 0 Å². The predicted octanol–water partition coefficient (Wildman–Crippen LogP) is 2.49. The Morgan fingerprint density at radius 1 is 1.18 bits per heavy atom. The molecule has 3 nitrogen and oxygen atoms in total. The number of carbonyl (C=O) groups is 1. The minimum atomic E-state index is 0. The second-order valence-electron chi connectivity index (χ2n) is 4.85. The molecule has 0 spiro atoms. The number of nitrogens with one attached hydrogen (secondary N) is 2. The monoisotopic (exact) mass is 262 g/mol. The van der Waals surface area contributed by atoms with Crippen molar-refractivity contribution in [3.05, 3.63) is 0 Å². The lowest BCUT2D eigenvalue weighted by molar-refractivity contribution is -0.121. The third kappa shape index (κ3) is 8.44. The average Bonchev–Trinajstić information content (AvgIpc) is 2.33. The van der Waals surface area contributed by atoms with E-state index in [1.165, 1.54) is 32.1 Å². The second-order valence-corrected chi connectivity index (χ2v) is 4.85. The van der Waals surface area contributed by atoms with E-state index in [-0.39, 0.29) is 18.3 Å². The SMILES string of the molecule is CNCCCNC(=O)CCC1CCCCC1.Cl. The number of amides is 1. The number of carbonyl (C=O) groups excluding carboxylic acids is 1. The summed E-state index contributed by atoms with van der Waals surface area (Å²) in [5.74, 6) is 1.05. The summed E-state index contributed by atoms with van der Waals surface area (Å²) < 4.78 is 0. The molecule has 1 fully saturated rings. The third-order valence-electron chi connectivity index (χ3n) is 3.43. The molecule has 4 heteroatoms. The molecule has 1 saturated carbocycles. The van der Waals surface area contributed by atoms with Gasteiger partial charge in [0.05, 0.1) is 0 Å². The highest BCUT2D eigenvalue weighted by molar-refractivity contribution is 5.85. The first-order valence-electron chi connectivity index (χ1n) is 6.74. The van der Waals surface area contributed by atoms with E-state index >= 15 is 0 Å². The van der Waals surface area contributed by atoms with Crippen LogP contribution in [0.3, 0.4) is 0 Å². The van der Waals surface area contributed by atoms with E-state index in [0.29, 0.717) is 0 Å². The zero-order valence-electron chi connectivity index (χ0n) is 11.0. The van der Waals surface area contributed by atoms with E-state index < -0.39 is 0 Å². The van der Waals surface area contributed by atoms with Gasteiger partial charge in [0.25, 0.3) is 0 Å². The van der Waals surface area contributed by atoms with Crippen LogP contribution in [0.5, 0.6) is 0 Å². The van der Waals surface area contributed by atoms with Gasteiger partial charge in [0.1, 0.15) is 0 Å². The standard InChI is InChI=1S/C13H26N2O.ClH/c1-14-10-5-11-15-13(16)9-8-12-6-3-2-4-7-12;/h12,14H,2-11H2,1H3,(H,15,16);1H. The van der Waals surface area contributed by atoms with Gasteiger partial charge in [0, 0.05) is 13.0 Å². The molecule has 0 aromatic rings. The van der Waals surface area contributed by atoms with Gasteiger partial charge in [-0.1, -0.05) is 32.1 Å². The third-order valence-corrected chi connectivity index (χ3v) is 3.43. The number of halogens is 1. The Bertz CT molecular complexity index is 194. The van der Waals surface area contributed by atoms with Crippen LogP contribution in [0.1, 0.15) is 51.4 Å². The minimum Gasteiger partial charge on any atom is -0.356 e. The van der Waals surface area contributed by atoms with Crippen molar-refractivity contribution < 1.29 is 4.79 Å². The average molecular weight is 263 g/mol. The normalized spacial score (nSPS) is 16.3. The molecule has 0 aromatic carbocycles. The minimum absolute atomic E-state index is 0. The lowest BCUT2D eigenvalue weighted by Gasteiger charge is -2.20. The van der Waals surface area contributed by atoms with E-state index in [1.807, 2.05) is 7.05 Å². The second kappa shape index (κ2) is 10.8. The molecule has 102 valence electrons. The molecule has 1 aliphatic carbocycles. The first-order valence-corrected chi connectivity index (χ1v) is 6.74. The van der Waals surface area contributed by atoms with Crippen LogP contribution in [0.25, 0.3) is 0 Å². The van der Waals surface area contributed by atoms with Crippen LogP contribution >= 0.6 is 12.4 Å². The van der Waals surface area contributed by atoms with Gasteiger partial charge in [-0.3, -0.25) is 4.79 Å². The molecule has 1 amide bonds. The first kappa shape index (κ1) is 16.7. The van der Waals surface area contributed by atoms with E-state index in [4.69, 9.17) is 0 Å². The maximum absolute atomic E-state index is 11.5. The van der Waals surface area contributed by atoms with Crippen molar-refractivity contribution in [2.45, 2.75) is 51.4 Å². The Kier molecular flexibility index (Phi) is 10.7. The summed E-state index contributed by atoms with van der Waals surface area (Å²) in [4.78, 5) is 11.5. The van der Waals surface area contributed by atoms with E-state index in [0.717, 1.165) is 38.3 Å². The van der Waals surface area contributed by atoms with Crippen LogP contribution in [0.15, 0.2) is 0 Å². The highest BCUT2D eigenvalue weighted by atomic mass is 35.5. The fourth-order valence-electron chi connectivity index (χ4n) is 2.39. The summed E-state index contributed by atoms with van der Waals surface area (Å²) in [6.45, 7) is 1.78. The van der Waals surface area contributed by atoms with E-state index in [1.54, 1.807) is 0 Å². The Morgan fingerprint density at radius 3 is 2.53 bits per heavy atom. The van der Waals surface area contributed by atoms with Gasteiger partial charge in [-0.2, -0.15) is 0 Å². The highest BCUT2D eigenvalue weighted by Crippen LogP contribution is 2.27. The van der Waals surface area contributed by atoms with Crippen molar-refractivity contribution in [2.75, 3.05) is 20.1 Å². The molecule has 0 saturated heterocycles. The van der Waals surface area contributed by atoms with Gasteiger partial charge in [-0.05, 0) is 32.4 Å². The van der Waals surface area contributed by atoms with Crippen molar-refractivity contribution in [2.24, 2.45) is 5.92 Å². The number of hydrogen-bond donors (Lipinski definition) is 2. The van der Waals surface area contributed by atoms with Gasteiger partial charge in [0.2, 0.25) is 5.91 Å². The lowest BCUT2D eigenvalue weighted by atomic mass is 9.86. The van der Waals surface area contributed by atoms with Crippen LogP contribution in [0.4, 0.5) is 0 Å². The van der Waals surface area contributed by atoms with Crippen molar-refractivity contribution >= 4 is 18.3 Å². The molecule has 17 heavy (non-hydrogen) atoms. The molecule has 0 radical (unpaired) electrons. The van der Waals surface area contributed by atoms with E-state index in [9.17, 15) is 4.79 Å². The molecule has 0 aromatic heterocycles. The van der Waals surface area contributed by atoms with Crippen molar-refractivity contribution in [1.29, 1.82) is 0 Å². The molecule has 0 aliphatic heterocycles. The molecule has 0 unspecified atom stereocenters. The van der Waals surface area contributed by atoms with Gasteiger partial charge in [0.15, 0.2) is 0 Å². The summed E-state index contributed by atoms with van der Waals surface area (Å²) in [7, 11) is 1.94. The summed E-state index contributed by atoms with van der Waals surface area (Å²) in [6.07, 6.45) is 9.66. The fraction of sp³-hybridized carbons (Fsp3) is 0.923. The fourth-order valence-corrected chi connectivity index (χ4v) is 2.39.